The molecule has 1 N–H and O–H groups in total. The average molecular weight is 453 g/mol. The van der Waals surface area contributed by atoms with Gasteiger partial charge in [-0.1, -0.05) is 0 Å². The largest absolute Gasteiger partial charge is 0.411 e. The van der Waals surface area contributed by atoms with E-state index in [1.54, 1.807) is 0 Å². The maximum atomic E-state index is 11.9. The molecule has 23 heavy (non-hydrogen) atoms. The molecule has 0 aliphatic carbocycles. The first kappa shape index (κ1) is 22.7. The first-order chi connectivity index (χ1) is 10.4. The molecule has 1 rings (SSSR count). The molecule has 0 bridgehead atoms. The molecule has 1 aliphatic heterocycles. The summed E-state index contributed by atoms with van der Waals surface area (Å²) < 4.78 is 45.7. The number of guanidine groups is 1. The predicted molar refractivity (Wildman–Crippen MR) is 94.4 cm³/mol. The quantitative estimate of drug-likeness (QED) is 0.266. The Morgan fingerprint density at radius 2 is 2.17 bits per heavy atom. The molecule has 1 unspecified atom stereocenters. The van der Waals surface area contributed by atoms with Crippen LogP contribution in [-0.4, -0.2) is 70.1 Å². The monoisotopic (exact) mass is 453 g/mol. The van der Waals surface area contributed by atoms with Gasteiger partial charge in [-0.15, -0.1) is 24.0 Å². The summed E-state index contributed by atoms with van der Waals surface area (Å²) >= 11 is 0. The number of nitrogens with zero attached hydrogens (tertiary/aromatic N) is 2. The molecule has 1 heterocycles. The van der Waals surface area contributed by atoms with E-state index in [4.69, 9.17) is 4.74 Å². The van der Waals surface area contributed by atoms with E-state index in [-0.39, 0.29) is 30.6 Å². The zero-order valence-corrected chi connectivity index (χ0v) is 16.0. The Bertz CT molecular complexity index is 338. The van der Waals surface area contributed by atoms with E-state index in [9.17, 15) is 13.2 Å². The Hall–Kier alpha value is -0.290. The summed E-state index contributed by atoms with van der Waals surface area (Å²) in [5, 5.41) is 3.19. The standard InChI is InChI=1S/C14H26F3N3O2.HI/c1-3-18-13(20(2)9-12-5-8-21-10-12)19-6-4-7-22-11-14(15,16)17;/h12H,3-11H2,1-2H3,(H,18,19);1H. The molecule has 0 aromatic heterocycles. The highest BCUT2D eigenvalue weighted by molar-refractivity contribution is 14.0. The summed E-state index contributed by atoms with van der Waals surface area (Å²) in [6.07, 6.45) is -2.75. The van der Waals surface area contributed by atoms with Gasteiger partial charge in [0.1, 0.15) is 6.61 Å². The Balaban J connectivity index is 0.00000484. The molecular formula is C14H27F3IN3O2. The normalized spacial score (nSPS) is 18.7. The number of rotatable bonds is 8. The lowest BCUT2D eigenvalue weighted by Crippen LogP contribution is -2.41. The molecule has 1 saturated heterocycles. The van der Waals surface area contributed by atoms with Crippen molar-refractivity contribution in [1.82, 2.24) is 10.2 Å². The molecule has 0 amide bonds. The summed E-state index contributed by atoms with van der Waals surface area (Å²) in [4.78, 5) is 6.46. The molecule has 5 nitrogen and oxygen atoms in total. The van der Waals surface area contributed by atoms with E-state index in [0.717, 1.165) is 38.7 Å². The number of nitrogens with one attached hydrogen (secondary N) is 1. The van der Waals surface area contributed by atoms with Crippen molar-refractivity contribution in [3.8, 4) is 0 Å². The maximum Gasteiger partial charge on any atom is 0.411 e. The van der Waals surface area contributed by atoms with Gasteiger partial charge in [0.05, 0.1) is 6.61 Å². The zero-order chi connectivity index (χ0) is 16.4. The van der Waals surface area contributed by atoms with Crippen molar-refractivity contribution in [3.63, 3.8) is 0 Å². The lowest BCUT2D eigenvalue weighted by atomic mass is 10.1. The van der Waals surface area contributed by atoms with Crippen LogP contribution in [0.3, 0.4) is 0 Å². The van der Waals surface area contributed by atoms with E-state index in [1.807, 2.05) is 18.9 Å². The number of hydrogen-bond acceptors (Lipinski definition) is 3. The van der Waals surface area contributed by atoms with Crippen LogP contribution >= 0.6 is 24.0 Å². The summed E-state index contributed by atoms with van der Waals surface area (Å²) in [6.45, 7) is 4.46. The molecule has 0 radical (unpaired) electrons. The van der Waals surface area contributed by atoms with Crippen LogP contribution in [0.2, 0.25) is 0 Å². The highest BCUT2D eigenvalue weighted by atomic mass is 127. The van der Waals surface area contributed by atoms with Crippen LogP contribution in [0.5, 0.6) is 0 Å². The Labute approximate surface area is 153 Å². The van der Waals surface area contributed by atoms with Gasteiger partial charge in [-0.25, -0.2) is 0 Å². The van der Waals surface area contributed by atoms with Crippen LogP contribution in [0.4, 0.5) is 13.2 Å². The Kier molecular flexibility index (Phi) is 12.0. The van der Waals surface area contributed by atoms with Crippen molar-refractivity contribution < 1.29 is 22.6 Å². The summed E-state index contributed by atoms with van der Waals surface area (Å²) in [7, 11) is 1.96. The number of hydrogen-bond donors (Lipinski definition) is 1. The molecule has 0 aromatic rings. The molecule has 0 spiro atoms. The van der Waals surface area contributed by atoms with E-state index in [2.05, 4.69) is 15.0 Å². The van der Waals surface area contributed by atoms with Crippen LogP contribution in [0.25, 0.3) is 0 Å². The van der Waals surface area contributed by atoms with Crippen molar-refractivity contribution in [3.05, 3.63) is 0 Å². The van der Waals surface area contributed by atoms with Gasteiger partial charge in [0.25, 0.3) is 0 Å². The minimum absolute atomic E-state index is 0. The van der Waals surface area contributed by atoms with E-state index < -0.39 is 12.8 Å². The lowest BCUT2D eigenvalue weighted by molar-refractivity contribution is -0.173. The topological polar surface area (TPSA) is 46.1 Å². The van der Waals surface area contributed by atoms with Gasteiger partial charge in [0.2, 0.25) is 0 Å². The number of alkyl halides is 3. The van der Waals surface area contributed by atoms with Gasteiger partial charge in [0.15, 0.2) is 5.96 Å². The average Bonchev–Trinajstić information content (AvgIpc) is 2.93. The maximum absolute atomic E-state index is 11.9. The second-order valence-electron chi connectivity index (χ2n) is 5.37. The highest BCUT2D eigenvalue weighted by Gasteiger charge is 2.27. The van der Waals surface area contributed by atoms with Crippen molar-refractivity contribution in [2.24, 2.45) is 10.9 Å². The Morgan fingerprint density at radius 1 is 1.43 bits per heavy atom. The van der Waals surface area contributed by atoms with Crippen molar-refractivity contribution >= 4 is 29.9 Å². The third-order valence-electron chi connectivity index (χ3n) is 3.23. The van der Waals surface area contributed by atoms with Crippen LogP contribution in [0, 0.1) is 5.92 Å². The highest BCUT2D eigenvalue weighted by Crippen LogP contribution is 2.14. The fourth-order valence-electron chi connectivity index (χ4n) is 2.21. The van der Waals surface area contributed by atoms with Gasteiger partial charge in [-0.3, -0.25) is 4.99 Å². The minimum Gasteiger partial charge on any atom is -0.381 e. The fourth-order valence-corrected chi connectivity index (χ4v) is 2.21. The molecular weight excluding hydrogens is 426 g/mol. The van der Waals surface area contributed by atoms with Crippen molar-refractivity contribution in [2.75, 3.05) is 53.1 Å². The fraction of sp³-hybridized carbons (Fsp3) is 0.929. The van der Waals surface area contributed by atoms with Crippen molar-refractivity contribution in [2.45, 2.75) is 25.9 Å². The SMILES string of the molecule is CCNC(=NCCCOCC(F)(F)F)N(C)CC1CCOC1.I. The van der Waals surface area contributed by atoms with Gasteiger partial charge in [-0.2, -0.15) is 13.2 Å². The Morgan fingerprint density at radius 3 is 2.74 bits per heavy atom. The number of ether oxygens (including phenoxy) is 2. The molecule has 1 fully saturated rings. The van der Waals surface area contributed by atoms with E-state index in [0.29, 0.717) is 18.9 Å². The summed E-state index contributed by atoms with van der Waals surface area (Å²) in [6, 6.07) is 0. The second-order valence-corrected chi connectivity index (χ2v) is 5.37. The van der Waals surface area contributed by atoms with Gasteiger partial charge >= 0.3 is 6.18 Å². The van der Waals surface area contributed by atoms with E-state index in [1.165, 1.54) is 0 Å². The second kappa shape index (κ2) is 12.1. The van der Waals surface area contributed by atoms with Crippen LogP contribution < -0.4 is 5.32 Å². The van der Waals surface area contributed by atoms with Gasteiger partial charge < -0.3 is 19.7 Å². The third-order valence-corrected chi connectivity index (χ3v) is 3.23. The predicted octanol–water partition coefficient (Wildman–Crippen LogP) is 2.51. The molecule has 0 aromatic carbocycles. The number of halogens is 4. The smallest absolute Gasteiger partial charge is 0.381 e. The first-order valence-electron chi connectivity index (χ1n) is 7.64. The molecule has 1 atom stereocenters. The van der Waals surface area contributed by atoms with Gasteiger partial charge in [-0.05, 0) is 19.8 Å². The molecule has 138 valence electrons. The summed E-state index contributed by atoms with van der Waals surface area (Å²) in [5.41, 5.74) is 0. The molecule has 0 saturated carbocycles. The minimum atomic E-state index is -4.26. The zero-order valence-electron chi connectivity index (χ0n) is 13.7. The van der Waals surface area contributed by atoms with Crippen LogP contribution in [0.1, 0.15) is 19.8 Å². The molecule has 1 aliphatic rings. The first-order valence-corrected chi connectivity index (χ1v) is 7.64. The van der Waals surface area contributed by atoms with Gasteiger partial charge in [0, 0.05) is 45.8 Å². The number of aliphatic imine (C=N–C) groups is 1. The van der Waals surface area contributed by atoms with Crippen LogP contribution in [-0.2, 0) is 9.47 Å². The summed E-state index contributed by atoms with van der Waals surface area (Å²) in [5.74, 6) is 1.27. The van der Waals surface area contributed by atoms with Crippen molar-refractivity contribution in [1.29, 1.82) is 0 Å². The lowest BCUT2D eigenvalue weighted by Gasteiger charge is -2.24. The third kappa shape index (κ3) is 11.0. The van der Waals surface area contributed by atoms with E-state index >= 15 is 0 Å². The van der Waals surface area contributed by atoms with Crippen LogP contribution in [0.15, 0.2) is 4.99 Å². The molecule has 9 heteroatoms.